The lowest BCUT2D eigenvalue weighted by atomic mass is 9.98. The number of para-hydroxylation sites is 1. The van der Waals surface area contributed by atoms with E-state index < -0.39 is 162 Å². The number of primary amides is 2. The van der Waals surface area contributed by atoms with Gasteiger partial charge >= 0.3 is 12.1 Å². The number of aliphatic carboxylic acids is 1. The van der Waals surface area contributed by atoms with Crippen LogP contribution >= 0.6 is 44.7 Å². The van der Waals surface area contributed by atoms with E-state index in [2.05, 4.69) is 78.8 Å². The molecule has 28 N–H and O–H groups in total. The number of fused-ring (bicyclic) bond motifs is 2. The van der Waals surface area contributed by atoms with E-state index in [1.54, 1.807) is 121 Å². The fourth-order valence-electron chi connectivity index (χ4n) is 13.3. The maximum atomic E-state index is 15.3. The third kappa shape index (κ3) is 37.2. The lowest BCUT2D eigenvalue weighted by molar-refractivity contribution is -0.138. The zero-order valence-corrected chi connectivity index (χ0v) is 75.5. The Morgan fingerprint density at radius 2 is 1.04 bits per heavy atom. The molecule has 127 heavy (non-hydrogen) atoms. The van der Waals surface area contributed by atoms with Crippen LogP contribution in [0.5, 0.6) is 5.75 Å². The third-order valence-corrected chi connectivity index (χ3v) is 24.5. The summed E-state index contributed by atoms with van der Waals surface area (Å²) in [6.07, 6.45) is 1.79. The van der Waals surface area contributed by atoms with Crippen LogP contribution < -0.4 is 103 Å². The lowest BCUT2D eigenvalue weighted by Gasteiger charge is -2.29. The van der Waals surface area contributed by atoms with Gasteiger partial charge in [0.25, 0.3) is 0 Å². The van der Waals surface area contributed by atoms with Gasteiger partial charge in [-0.25, -0.2) is 14.6 Å². The third-order valence-electron chi connectivity index (χ3n) is 19.8. The summed E-state index contributed by atoms with van der Waals surface area (Å²) in [6.45, 7) is 11.2. The van der Waals surface area contributed by atoms with E-state index in [0.717, 1.165) is 0 Å². The molecule has 11 atom stereocenters. The number of nitrogens with two attached hydrogens (primary N) is 6. The molecule has 0 bridgehead atoms. The van der Waals surface area contributed by atoms with Crippen LogP contribution in [0.1, 0.15) is 154 Å². The number of ether oxygens (including phenoxy) is 2. The van der Waals surface area contributed by atoms with Crippen molar-refractivity contribution in [3.63, 3.8) is 0 Å². The Hall–Kier alpha value is -11.4. The number of benzene rings is 3. The molecule has 0 spiro atoms. The molecule has 2 aromatic heterocycles. The summed E-state index contributed by atoms with van der Waals surface area (Å²) < 4.78 is 11.4. The summed E-state index contributed by atoms with van der Waals surface area (Å²) in [5, 5.41) is 59.4. The van der Waals surface area contributed by atoms with E-state index in [1.165, 1.54) is 44.7 Å². The first kappa shape index (κ1) is 104. The van der Waals surface area contributed by atoms with Gasteiger partial charge in [-0.2, -0.15) is 0 Å². The summed E-state index contributed by atoms with van der Waals surface area (Å²) in [7, 11) is 2.81. The number of carboxylic acid groups (broad SMARTS) is 1. The van der Waals surface area contributed by atoms with Crippen molar-refractivity contribution >= 4 is 166 Å². The highest BCUT2D eigenvalue weighted by atomic mass is 33.1. The van der Waals surface area contributed by atoms with Gasteiger partial charge in [-0.3, -0.25) is 73.3 Å². The van der Waals surface area contributed by atoms with Gasteiger partial charge in [0.2, 0.25) is 70.9 Å². The molecule has 0 saturated heterocycles. The molecule has 3 aromatic carbocycles. The van der Waals surface area contributed by atoms with Gasteiger partial charge in [0.1, 0.15) is 76.2 Å². The minimum Gasteiger partial charge on any atom is -0.480 e. The second kappa shape index (κ2) is 54.6. The summed E-state index contributed by atoms with van der Waals surface area (Å²) >= 11 is 2.60. The van der Waals surface area contributed by atoms with E-state index in [1.807, 2.05) is 0 Å². The molecule has 44 heteroatoms. The number of carbonyl (C=O) groups is 14. The number of aromatic amines is 1. The molecular formula is C83H123N23O17S4. The van der Waals surface area contributed by atoms with Crippen LogP contribution in [0.4, 0.5) is 4.79 Å². The molecule has 696 valence electrons. The van der Waals surface area contributed by atoms with Crippen molar-refractivity contribution in [2.45, 2.75) is 217 Å². The van der Waals surface area contributed by atoms with Crippen LogP contribution in [-0.4, -0.2) is 232 Å². The van der Waals surface area contributed by atoms with E-state index in [0.29, 0.717) is 78.8 Å². The standard InChI is InChI=1S/C83H123N23O17S4/c1-45(2)37-59(74(115)101-61(39-48-19-8-7-9-20-48)75(116)99-58(68(87)109)42-65(86)107)100-70(111)56(24-13-15-31-85)98-76(117)62(40-49-43-94-52-22-11-10-21-51(49)52)102-71(112)57(26-17-33-93-82(90)91)96-69(110)55(23-12-14-30-84)97-73(114)60(38-46(3)4)103-77(118)67(47(5)6)106-72(113)54(25-16-32-92-81(88)89)95-66(108)29-36-126-125-35-18-34-122-83(121)123-50-27-28-53-64(41-50)127-79(104-53)78-105-63(44-124-78)80(119)120/h7-11,19-22,27-28,41,43,45-47,54-63,67,94H,12-18,23-26,29-40,42,44,84-85H2,1-6H3,(H2,86,107)(H2,87,109)(H,95,108)(H,96,110)(H,97,114)(H,98,117)(H,99,116)(H,100,111)(H,101,115)(H,102,112)(H,103,118)(H,106,113)(H,119,120)(H4,88,89,92)(H4,90,91,93)/t54-,55-,56-,57-,58-,59-,60-,61-,62-,63+,67-/m0/s1. The molecule has 1 aliphatic heterocycles. The number of aromatic nitrogens is 2. The van der Waals surface area contributed by atoms with Crippen LogP contribution in [0.3, 0.4) is 0 Å². The van der Waals surface area contributed by atoms with Crippen molar-refractivity contribution in [2.75, 3.05) is 50.0 Å². The van der Waals surface area contributed by atoms with Gasteiger partial charge < -0.3 is 118 Å². The molecule has 0 radical (unpaired) electrons. The molecule has 40 nitrogen and oxygen atoms in total. The van der Waals surface area contributed by atoms with E-state index in [4.69, 9.17) is 54.7 Å². The predicted octanol–water partition coefficient (Wildman–Crippen LogP) is 1.63. The molecule has 0 fully saturated rings. The number of thioether (sulfide) groups is 1. The van der Waals surface area contributed by atoms with Gasteiger partial charge in [-0.15, -0.1) is 23.1 Å². The number of aliphatic imine (C=N–C) groups is 1. The number of unbranched alkanes of at least 4 members (excludes halogenated alkanes) is 2. The Balaban J connectivity index is 1.15. The van der Waals surface area contributed by atoms with Gasteiger partial charge in [0.15, 0.2) is 18.0 Å². The highest BCUT2D eigenvalue weighted by Gasteiger charge is 2.38. The van der Waals surface area contributed by atoms with Crippen molar-refractivity contribution < 1.29 is 81.7 Å². The number of nitrogens with zero attached hydrogens (tertiary/aromatic N) is 2. The quantitative estimate of drug-likeness (QED) is 0.00657. The largest absolute Gasteiger partial charge is 0.513 e. The Morgan fingerprint density at radius 1 is 0.551 bits per heavy atom. The Labute approximate surface area is 753 Å². The zero-order valence-electron chi connectivity index (χ0n) is 72.2. The summed E-state index contributed by atoms with van der Waals surface area (Å²) in [5.74, 6) is -11.4. The number of hydrogen-bond donors (Lipinski definition) is 22. The maximum Gasteiger partial charge on any atom is 0.513 e. The summed E-state index contributed by atoms with van der Waals surface area (Å²) in [6, 6.07) is 5.89. The molecule has 1 aliphatic rings. The molecule has 3 heterocycles. The molecule has 0 saturated carbocycles. The molecule has 6 rings (SSSR count). The molecule has 5 aromatic rings. The first-order valence-electron chi connectivity index (χ1n) is 42.2. The highest BCUT2D eigenvalue weighted by molar-refractivity contribution is 8.76. The molecular weight excluding hydrogens is 1720 g/mol. The zero-order chi connectivity index (χ0) is 93.2. The number of rotatable bonds is 58. The van der Waals surface area contributed by atoms with Gasteiger partial charge in [0.05, 0.1) is 23.2 Å². The fourth-order valence-corrected chi connectivity index (χ4v) is 17.4. The number of H-pyrrole nitrogens is 1. The second-order valence-corrected chi connectivity index (χ2v) is 36.4. The molecule has 0 unspecified atom stereocenters. The first-order chi connectivity index (χ1) is 60.5. The van der Waals surface area contributed by atoms with Gasteiger partial charge in [-0.1, -0.05) is 112 Å². The fraction of sp³-hybridized carbons (Fsp3) is 0.542. The van der Waals surface area contributed by atoms with Crippen LogP contribution in [0.25, 0.3) is 21.1 Å². The molecule has 0 aliphatic carbocycles. The van der Waals surface area contributed by atoms with Gasteiger partial charge in [-0.05, 0) is 144 Å². The minimum atomic E-state index is -1.53. The summed E-state index contributed by atoms with van der Waals surface area (Å²) in [5.41, 5.74) is 36.4. The number of thiazole rings is 1. The number of carboxylic acids is 1. The number of guanidine groups is 2. The maximum absolute atomic E-state index is 15.3. The lowest BCUT2D eigenvalue weighted by Crippen LogP contribution is -2.61. The number of carbonyl (C=O) groups excluding carboxylic acids is 13. The van der Waals surface area contributed by atoms with E-state index in [-0.39, 0.29) is 146 Å². The van der Waals surface area contributed by atoms with Crippen LogP contribution in [0.15, 0.2) is 84.0 Å². The van der Waals surface area contributed by atoms with E-state index >= 15 is 14.4 Å². The Morgan fingerprint density at radius 3 is 1.57 bits per heavy atom. The van der Waals surface area contributed by atoms with Crippen LogP contribution in [-0.2, 0) is 79.9 Å². The van der Waals surface area contributed by atoms with Gasteiger partial charge in [0, 0.05) is 72.8 Å². The SMILES string of the molecule is CC(C)C[C@H](NC(=O)[C@H](CCCCN)NC(=O)[C@H](Cc1c[nH]c2ccccc12)NC(=O)[C@H](CCCNC(=N)N)NC(=O)[C@H](CCCCN)NC(=O)[C@H](CC(C)C)NC(=O)[C@@H](NC(=O)[C@H](CCCNC(=N)N)NC(=O)CCSSCCCOC(=O)Oc1ccc2nc(C3=N[C@@H](C(=O)O)CS3)sc2c1)C(C)C)C(=O)N[C@@H](Cc1ccccc1)C(=O)N[C@@H](CC(N)=O)C(N)=O. The average Bonchev–Trinajstić information content (AvgIpc) is 1.67. The monoisotopic (exact) mass is 1840 g/mol. The van der Waals surface area contributed by atoms with Crippen molar-refractivity contribution in [3.8, 4) is 5.75 Å². The Kier molecular flexibility index (Phi) is 44.9. The number of nitrogens with one attached hydrogen (secondary N) is 15. The van der Waals surface area contributed by atoms with Crippen molar-refractivity contribution in [2.24, 2.45) is 57.1 Å². The topological polar surface area (TPSA) is 667 Å². The first-order valence-corrected chi connectivity index (χ1v) is 46.5. The number of hydrogen-bond acceptors (Lipinski definition) is 26. The minimum absolute atomic E-state index is 0.0122. The predicted molar refractivity (Wildman–Crippen MR) is 488 cm³/mol. The molecule has 12 amide bonds. The normalized spacial score (nSPS) is 14.8. The van der Waals surface area contributed by atoms with Crippen molar-refractivity contribution in [3.05, 3.63) is 95.1 Å². The Bertz CT molecular complexity index is 4600. The van der Waals surface area contributed by atoms with Crippen molar-refractivity contribution in [1.82, 2.24) is 73.8 Å². The van der Waals surface area contributed by atoms with E-state index in [9.17, 15) is 57.8 Å². The smallest absolute Gasteiger partial charge is 0.480 e. The van der Waals surface area contributed by atoms with Crippen molar-refractivity contribution in [1.29, 1.82) is 10.8 Å². The number of amides is 12. The second-order valence-electron chi connectivity index (χ2n) is 31.7. The average molecular weight is 1840 g/mol. The van der Waals surface area contributed by atoms with Crippen LogP contribution in [0, 0.1) is 28.6 Å². The highest BCUT2D eigenvalue weighted by Crippen LogP contribution is 2.33. The summed E-state index contributed by atoms with van der Waals surface area (Å²) in [4.78, 5) is 207. The van der Waals surface area contributed by atoms with Crippen LogP contribution in [0.2, 0.25) is 0 Å².